The van der Waals surface area contributed by atoms with E-state index in [0.717, 1.165) is 37.6 Å². The zero-order chi connectivity index (χ0) is 16.3. The maximum Gasteiger partial charge on any atom is 0.239 e. The molecule has 0 saturated carbocycles. The lowest BCUT2D eigenvalue weighted by Crippen LogP contribution is -2.53. The van der Waals surface area contributed by atoms with E-state index in [4.69, 9.17) is 0 Å². The van der Waals surface area contributed by atoms with Gasteiger partial charge in [0.15, 0.2) is 0 Å². The number of piperazine rings is 1. The van der Waals surface area contributed by atoms with Gasteiger partial charge in [-0.1, -0.05) is 0 Å². The van der Waals surface area contributed by atoms with Gasteiger partial charge in [-0.05, 0) is 45.5 Å². The zero-order valence-electron chi connectivity index (χ0n) is 14.5. The summed E-state index contributed by atoms with van der Waals surface area (Å²) < 4.78 is 0. The topological polar surface area (TPSA) is 39.7 Å². The average molecular weight is 304 g/mol. The Kier molecular flexibility index (Phi) is 5.53. The van der Waals surface area contributed by atoms with Crippen LogP contribution >= 0.6 is 0 Å². The normalized spacial score (nSPS) is 18.2. The Balaban J connectivity index is 1.96. The quantitative estimate of drug-likeness (QED) is 0.840. The van der Waals surface area contributed by atoms with Crippen molar-refractivity contribution < 1.29 is 4.79 Å². The van der Waals surface area contributed by atoms with Crippen LogP contribution in [0.2, 0.25) is 0 Å². The molecule has 0 aliphatic carbocycles. The van der Waals surface area contributed by atoms with Crippen LogP contribution in [0.4, 0.5) is 0 Å². The smallest absolute Gasteiger partial charge is 0.239 e. The number of rotatable bonds is 4. The summed E-state index contributed by atoms with van der Waals surface area (Å²) >= 11 is 0. The highest BCUT2D eigenvalue weighted by Crippen LogP contribution is 2.11. The summed E-state index contributed by atoms with van der Waals surface area (Å²) in [5.41, 5.74) is 3.15. The Morgan fingerprint density at radius 3 is 2.50 bits per heavy atom. The number of likely N-dealkylation sites (N-methyl/N-ethyl adjacent to an activating group) is 2. The molecule has 1 amide bonds. The van der Waals surface area contributed by atoms with Gasteiger partial charge in [-0.25, -0.2) is 0 Å². The fourth-order valence-corrected chi connectivity index (χ4v) is 3.01. The third-order valence-electron chi connectivity index (χ3n) is 4.37. The van der Waals surface area contributed by atoms with Crippen molar-refractivity contribution in [1.29, 1.82) is 0 Å². The Morgan fingerprint density at radius 2 is 1.91 bits per heavy atom. The second-order valence-electron chi connectivity index (χ2n) is 6.49. The number of carbonyl (C=O) groups is 1. The molecule has 1 aliphatic rings. The maximum atomic E-state index is 12.6. The van der Waals surface area contributed by atoms with Crippen LogP contribution in [0.15, 0.2) is 12.1 Å². The van der Waals surface area contributed by atoms with Gasteiger partial charge >= 0.3 is 0 Å². The standard InChI is InChI=1S/C17H28N4O/c1-13-10-14(2)18-16(11-13)12-20(5)17(22)15(3)21-8-6-19(4)7-9-21/h10-11,15H,6-9,12H2,1-5H3/t15-/m1/s1. The molecule has 5 heteroatoms. The van der Waals surface area contributed by atoms with Crippen LogP contribution in [-0.4, -0.2) is 71.9 Å². The predicted molar refractivity (Wildman–Crippen MR) is 88.7 cm³/mol. The van der Waals surface area contributed by atoms with Crippen LogP contribution < -0.4 is 0 Å². The first-order valence-electron chi connectivity index (χ1n) is 7.98. The summed E-state index contributed by atoms with van der Waals surface area (Å²) in [5, 5.41) is 0. The van der Waals surface area contributed by atoms with Crippen LogP contribution in [0.3, 0.4) is 0 Å². The van der Waals surface area contributed by atoms with Gasteiger partial charge in [-0.3, -0.25) is 14.7 Å². The molecule has 0 bridgehead atoms. The number of hydrogen-bond acceptors (Lipinski definition) is 4. The highest BCUT2D eigenvalue weighted by molar-refractivity contribution is 5.81. The fourth-order valence-electron chi connectivity index (χ4n) is 3.01. The first-order chi connectivity index (χ1) is 10.4. The van der Waals surface area contributed by atoms with E-state index in [-0.39, 0.29) is 11.9 Å². The van der Waals surface area contributed by atoms with E-state index >= 15 is 0 Å². The molecule has 2 heterocycles. The number of nitrogens with zero attached hydrogens (tertiary/aromatic N) is 4. The van der Waals surface area contributed by atoms with Gasteiger partial charge in [-0.15, -0.1) is 0 Å². The first kappa shape index (κ1) is 16.9. The van der Waals surface area contributed by atoms with Crippen molar-refractivity contribution in [2.75, 3.05) is 40.3 Å². The highest BCUT2D eigenvalue weighted by Gasteiger charge is 2.26. The molecular formula is C17H28N4O. The number of aromatic nitrogens is 1. The Labute approximate surface area is 133 Å². The zero-order valence-corrected chi connectivity index (χ0v) is 14.5. The third kappa shape index (κ3) is 4.27. The van der Waals surface area contributed by atoms with Crippen molar-refractivity contribution in [3.8, 4) is 0 Å². The van der Waals surface area contributed by atoms with E-state index in [9.17, 15) is 4.79 Å². The predicted octanol–water partition coefficient (Wildman–Crippen LogP) is 1.29. The molecule has 2 rings (SSSR count). The van der Waals surface area contributed by atoms with Crippen LogP contribution in [-0.2, 0) is 11.3 Å². The van der Waals surface area contributed by atoms with E-state index in [1.54, 1.807) is 4.90 Å². The highest BCUT2D eigenvalue weighted by atomic mass is 16.2. The van der Waals surface area contributed by atoms with Crippen molar-refractivity contribution in [3.05, 3.63) is 29.1 Å². The van der Waals surface area contributed by atoms with E-state index in [1.165, 1.54) is 5.56 Å². The van der Waals surface area contributed by atoms with Gasteiger partial charge in [0.1, 0.15) is 0 Å². The minimum atomic E-state index is -0.0652. The molecule has 0 radical (unpaired) electrons. The molecule has 22 heavy (non-hydrogen) atoms. The SMILES string of the molecule is Cc1cc(C)nc(CN(C)C(=O)[C@@H](C)N2CCN(C)CC2)c1. The Morgan fingerprint density at radius 1 is 1.27 bits per heavy atom. The lowest BCUT2D eigenvalue weighted by Gasteiger charge is -2.37. The van der Waals surface area contributed by atoms with E-state index in [2.05, 4.69) is 40.9 Å². The number of aryl methyl sites for hydroxylation is 2. The number of hydrogen-bond donors (Lipinski definition) is 0. The van der Waals surface area contributed by atoms with E-state index in [0.29, 0.717) is 6.54 Å². The molecule has 1 fully saturated rings. The van der Waals surface area contributed by atoms with Crippen molar-refractivity contribution in [3.63, 3.8) is 0 Å². The fraction of sp³-hybridized carbons (Fsp3) is 0.647. The molecule has 0 unspecified atom stereocenters. The molecule has 1 atom stereocenters. The van der Waals surface area contributed by atoms with Crippen LogP contribution in [0, 0.1) is 13.8 Å². The van der Waals surface area contributed by atoms with Crippen LogP contribution in [0.5, 0.6) is 0 Å². The molecule has 1 aromatic heterocycles. The maximum absolute atomic E-state index is 12.6. The molecule has 0 spiro atoms. The summed E-state index contributed by atoms with van der Waals surface area (Å²) in [6.45, 7) is 10.6. The van der Waals surface area contributed by atoms with Crippen molar-refractivity contribution in [2.24, 2.45) is 0 Å². The lowest BCUT2D eigenvalue weighted by molar-refractivity contribution is -0.136. The van der Waals surface area contributed by atoms with E-state index < -0.39 is 0 Å². The van der Waals surface area contributed by atoms with Gasteiger partial charge in [0.05, 0.1) is 18.3 Å². The minimum Gasteiger partial charge on any atom is -0.339 e. The third-order valence-corrected chi connectivity index (χ3v) is 4.37. The van der Waals surface area contributed by atoms with Crippen molar-refractivity contribution in [2.45, 2.75) is 33.4 Å². The van der Waals surface area contributed by atoms with Crippen LogP contribution in [0.25, 0.3) is 0 Å². The summed E-state index contributed by atoms with van der Waals surface area (Å²) in [4.78, 5) is 23.5. The van der Waals surface area contributed by atoms with Gasteiger partial charge in [0, 0.05) is 38.9 Å². The largest absolute Gasteiger partial charge is 0.339 e. The molecule has 0 aromatic carbocycles. The van der Waals surface area contributed by atoms with Gasteiger partial charge in [-0.2, -0.15) is 0 Å². The second kappa shape index (κ2) is 7.20. The van der Waals surface area contributed by atoms with Gasteiger partial charge in [0.2, 0.25) is 5.91 Å². The number of amides is 1. The van der Waals surface area contributed by atoms with Crippen LogP contribution in [0.1, 0.15) is 23.9 Å². The van der Waals surface area contributed by atoms with E-state index in [1.807, 2.05) is 20.9 Å². The second-order valence-corrected chi connectivity index (χ2v) is 6.49. The molecule has 1 saturated heterocycles. The first-order valence-corrected chi connectivity index (χ1v) is 7.98. The summed E-state index contributed by atoms with van der Waals surface area (Å²) in [6, 6.07) is 4.04. The summed E-state index contributed by atoms with van der Waals surface area (Å²) in [6.07, 6.45) is 0. The monoisotopic (exact) mass is 304 g/mol. The molecule has 122 valence electrons. The van der Waals surface area contributed by atoms with Crippen molar-refractivity contribution in [1.82, 2.24) is 19.7 Å². The Hall–Kier alpha value is -1.46. The van der Waals surface area contributed by atoms with Gasteiger partial charge < -0.3 is 9.80 Å². The minimum absolute atomic E-state index is 0.0652. The summed E-state index contributed by atoms with van der Waals surface area (Å²) in [5.74, 6) is 0.172. The molecule has 1 aromatic rings. The lowest BCUT2D eigenvalue weighted by atomic mass is 10.2. The molecule has 1 aliphatic heterocycles. The molecular weight excluding hydrogens is 276 g/mol. The molecule has 0 N–H and O–H groups in total. The molecule has 5 nitrogen and oxygen atoms in total. The van der Waals surface area contributed by atoms with Crippen molar-refractivity contribution >= 4 is 5.91 Å². The number of carbonyl (C=O) groups excluding carboxylic acids is 1. The van der Waals surface area contributed by atoms with Gasteiger partial charge in [0.25, 0.3) is 0 Å². The average Bonchev–Trinajstić information content (AvgIpc) is 2.45. The Bertz CT molecular complexity index is 503. The summed E-state index contributed by atoms with van der Waals surface area (Å²) in [7, 11) is 4.00. The number of pyridine rings is 1.